The van der Waals surface area contributed by atoms with Gasteiger partial charge in [0.15, 0.2) is 0 Å². The van der Waals surface area contributed by atoms with Gasteiger partial charge in [-0.15, -0.1) is 0 Å². The number of rotatable bonds is 8. The van der Waals surface area contributed by atoms with E-state index < -0.39 is 12.0 Å². The Balaban J connectivity index is 1.42. The van der Waals surface area contributed by atoms with Gasteiger partial charge in [-0.25, -0.2) is 4.98 Å². The fraction of sp³-hybridized carbons (Fsp3) is 0.160. The van der Waals surface area contributed by atoms with Gasteiger partial charge in [-0.3, -0.25) is 4.79 Å². The van der Waals surface area contributed by atoms with E-state index in [0.717, 1.165) is 17.5 Å². The first-order chi connectivity index (χ1) is 15.5. The van der Waals surface area contributed by atoms with Gasteiger partial charge in [-0.05, 0) is 28.3 Å². The van der Waals surface area contributed by atoms with Crippen LogP contribution in [0.15, 0.2) is 72.8 Å². The molecule has 5 N–H and O–H groups in total. The topological polar surface area (TPSA) is 124 Å². The molecule has 4 rings (SSSR count). The molecule has 1 atom stereocenters. The minimum Gasteiger partial charge on any atom is -0.480 e. The second-order valence-corrected chi connectivity index (χ2v) is 7.58. The fourth-order valence-corrected chi connectivity index (χ4v) is 3.49. The van der Waals surface area contributed by atoms with Crippen molar-refractivity contribution in [3.8, 4) is 17.1 Å². The van der Waals surface area contributed by atoms with Crippen LogP contribution in [0, 0.1) is 0 Å². The molecule has 0 radical (unpaired) electrons. The minimum absolute atomic E-state index is 0.125. The molecule has 4 aromatic rings. The molecule has 1 heterocycles. The van der Waals surface area contributed by atoms with E-state index in [0.29, 0.717) is 18.2 Å². The smallest absolute Gasteiger partial charge is 0.320 e. The number of hydrogen-bond acceptors (Lipinski definition) is 6. The maximum absolute atomic E-state index is 10.9. The summed E-state index contributed by atoms with van der Waals surface area (Å²) in [6.45, 7) is 0.459. The number of carboxylic acid groups (broad SMARTS) is 1. The Labute approximate surface area is 185 Å². The molecule has 0 amide bonds. The molecule has 0 aliphatic heterocycles. The SMILES string of the molecule is Nc1nc(OCCc2ccc3ccccc3c2)cc(-c2ccc(CC(N)C(=O)O)cc2)n1. The zero-order valence-electron chi connectivity index (χ0n) is 17.4. The van der Waals surface area contributed by atoms with E-state index >= 15 is 0 Å². The second kappa shape index (κ2) is 9.45. The van der Waals surface area contributed by atoms with Gasteiger partial charge < -0.3 is 21.3 Å². The van der Waals surface area contributed by atoms with Crippen molar-refractivity contribution in [1.29, 1.82) is 0 Å². The Morgan fingerprint density at radius 3 is 2.41 bits per heavy atom. The molecule has 1 aromatic heterocycles. The van der Waals surface area contributed by atoms with Gasteiger partial charge in [0.1, 0.15) is 6.04 Å². The van der Waals surface area contributed by atoms with Crippen LogP contribution in [0.4, 0.5) is 5.95 Å². The van der Waals surface area contributed by atoms with Crippen LogP contribution in [0.5, 0.6) is 5.88 Å². The lowest BCUT2D eigenvalue weighted by Crippen LogP contribution is -2.32. The Hall–Kier alpha value is -3.97. The standard InChI is InChI=1S/C25H24N4O3/c26-21(24(30)31)14-16-6-9-19(10-7-16)22-15-23(29-25(27)28-22)32-12-11-17-5-8-18-3-1-2-4-20(18)13-17/h1-10,13,15,21H,11-12,14,26H2,(H,30,31)(H2,27,28,29). The number of anilines is 1. The van der Waals surface area contributed by atoms with E-state index in [1.165, 1.54) is 16.3 Å². The molecule has 0 saturated carbocycles. The van der Waals surface area contributed by atoms with E-state index in [9.17, 15) is 4.79 Å². The van der Waals surface area contributed by atoms with Crippen LogP contribution in [0.1, 0.15) is 11.1 Å². The Morgan fingerprint density at radius 1 is 0.938 bits per heavy atom. The van der Waals surface area contributed by atoms with E-state index in [4.69, 9.17) is 21.3 Å². The van der Waals surface area contributed by atoms with E-state index in [1.807, 2.05) is 36.4 Å². The van der Waals surface area contributed by atoms with E-state index in [2.05, 4.69) is 40.3 Å². The van der Waals surface area contributed by atoms with Crippen molar-refractivity contribution in [2.75, 3.05) is 12.3 Å². The highest BCUT2D eigenvalue weighted by Gasteiger charge is 2.12. The van der Waals surface area contributed by atoms with Crippen molar-refractivity contribution in [1.82, 2.24) is 9.97 Å². The van der Waals surface area contributed by atoms with Gasteiger partial charge in [0.2, 0.25) is 11.8 Å². The molecular formula is C25H24N4O3. The zero-order valence-corrected chi connectivity index (χ0v) is 17.4. The highest BCUT2D eigenvalue weighted by Crippen LogP contribution is 2.23. The van der Waals surface area contributed by atoms with Crippen molar-refractivity contribution in [2.45, 2.75) is 18.9 Å². The number of nitrogens with zero attached hydrogens (tertiary/aromatic N) is 2. The third-order valence-corrected chi connectivity index (χ3v) is 5.20. The number of hydrogen-bond donors (Lipinski definition) is 3. The number of aromatic nitrogens is 2. The summed E-state index contributed by atoms with van der Waals surface area (Å²) in [6, 6.07) is 22.8. The zero-order chi connectivity index (χ0) is 22.5. The predicted molar refractivity (Wildman–Crippen MR) is 124 cm³/mol. The molecule has 0 aliphatic rings. The van der Waals surface area contributed by atoms with Gasteiger partial charge in [-0.2, -0.15) is 4.98 Å². The maximum Gasteiger partial charge on any atom is 0.320 e. The van der Waals surface area contributed by atoms with Crippen molar-refractivity contribution in [2.24, 2.45) is 5.73 Å². The molecule has 0 spiro atoms. The molecule has 0 aliphatic carbocycles. The monoisotopic (exact) mass is 428 g/mol. The second-order valence-electron chi connectivity index (χ2n) is 7.58. The average Bonchev–Trinajstić information content (AvgIpc) is 2.79. The lowest BCUT2D eigenvalue weighted by Gasteiger charge is -2.10. The number of carbonyl (C=O) groups is 1. The van der Waals surface area contributed by atoms with Crippen molar-refractivity contribution in [3.05, 3.63) is 83.9 Å². The third-order valence-electron chi connectivity index (χ3n) is 5.20. The van der Waals surface area contributed by atoms with Crippen LogP contribution in [0.25, 0.3) is 22.0 Å². The summed E-state index contributed by atoms with van der Waals surface area (Å²) < 4.78 is 5.85. The van der Waals surface area contributed by atoms with E-state index in [1.54, 1.807) is 6.07 Å². The van der Waals surface area contributed by atoms with Crippen molar-refractivity contribution < 1.29 is 14.6 Å². The molecule has 7 heteroatoms. The van der Waals surface area contributed by atoms with Crippen molar-refractivity contribution >= 4 is 22.7 Å². The summed E-state index contributed by atoms with van der Waals surface area (Å²) in [5.41, 5.74) is 15.0. The number of aliphatic carboxylic acids is 1. The van der Waals surface area contributed by atoms with Crippen LogP contribution in [-0.4, -0.2) is 33.7 Å². The summed E-state index contributed by atoms with van der Waals surface area (Å²) in [5.74, 6) is -0.492. The predicted octanol–water partition coefficient (Wildman–Crippen LogP) is 3.45. The minimum atomic E-state index is -1.02. The van der Waals surface area contributed by atoms with Crippen LogP contribution in [0.3, 0.4) is 0 Å². The summed E-state index contributed by atoms with van der Waals surface area (Å²) >= 11 is 0. The normalized spacial score (nSPS) is 11.9. The first-order valence-corrected chi connectivity index (χ1v) is 10.3. The average molecular weight is 428 g/mol. The summed E-state index contributed by atoms with van der Waals surface area (Å²) in [5, 5.41) is 11.4. The molecule has 0 bridgehead atoms. The Bertz CT molecular complexity index is 1240. The molecule has 0 fully saturated rings. The summed E-state index contributed by atoms with van der Waals surface area (Å²) in [7, 11) is 0. The van der Waals surface area contributed by atoms with Crippen molar-refractivity contribution in [3.63, 3.8) is 0 Å². The first kappa shape index (κ1) is 21.3. The lowest BCUT2D eigenvalue weighted by molar-refractivity contribution is -0.138. The maximum atomic E-state index is 10.9. The number of benzene rings is 3. The highest BCUT2D eigenvalue weighted by molar-refractivity contribution is 5.83. The molecule has 1 unspecified atom stereocenters. The molecule has 162 valence electrons. The lowest BCUT2D eigenvalue weighted by atomic mass is 10.0. The fourth-order valence-electron chi connectivity index (χ4n) is 3.49. The van der Waals surface area contributed by atoms with Crippen LogP contribution < -0.4 is 16.2 Å². The molecule has 3 aromatic carbocycles. The van der Waals surface area contributed by atoms with E-state index in [-0.39, 0.29) is 12.4 Å². The van der Waals surface area contributed by atoms with Gasteiger partial charge in [-0.1, -0.05) is 66.7 Å². The number of ether oxygens (including phenoxy) is 1. The van der Waals surface area contributed by atoms with Gasteiger partial charge >= 0.3 is 5.97 Å². The third kappa shape index (κ3) is 5.19. The van der Waals surface area contributed by atoms with Gasteiger partial charge in [0, 0.05) is 18.1 Å². The largest absolute Gasteiger partial charge is 0.480 e. The molecule has 32 heavy (non-hydrogen) atoms. The number of fused-ring (bicyclic) bond motifs is 1. The Morgan fingerprint density at radius 2 is 1.66 bits per heavy atom. The molecule has 7 nitrogen and oxygen atoms in total. The first-order valence-electron chi connectivity index (χ1n) is 10.3. The number of nitrogens with two attached hydrogens (primary N) is 2. The van der Waals surface area contributed by atoms with Crippen LogP contribution in [0.2, 0.25) is 0 Å². The van der Waals surface area contributed by atoms with Gasteiger partial charge in [0.05, 0.1) is 12.3 Å². The summed E-state index contributed by atoms with van der Waals surface area (Å²) in [4.78, 5) is 19.4. The number of nitrogen functional groups attached to an aromatic ring is 1. The molecule has 0 saturated heterocycles. The summed E-state index contributed by atoms with van der Waals surface area (Å²) in [6.07, 6.45) is 0.993. The number of carboxylic acids is 1. The van der Waals surface area contributed by atoms with Crippen LogP contribution in [-0.2, 0) is 17.6 Å². The molecular weight excluding hydrogens is 404 g/mol. The Kier molecular flexibility index (Phi) is 6.28. The quantitative estimate of drug-likeness (QED) is 0.392. The van der Waals surface area contributed by atoms with Crippen LogP contribution >= 0.6 is 0 Å². The highest BCUT2D eigenvalue weighted by atomic mass is 16.5. The van der Waals surface area contributed by atoms with Gasteiger partial charge in [0.25, 0.3) is 0 Å².